The van der Waals surface area contributed by atoms with Gasteiger partial charge in [-0.05, 0) is 31.2 Å². The summed E-state index contributed by atoms with van der Waals surface area (Å²) in [5.74, 6) is 0.111. The molecule has 0 saturated carbocycles. The molecule has 2 aromatic carbocycles. The molecule has 0 spiro atoms. The Balaban J connectivity index is 1.58. The van der Waals surface area contributed by atoms with Crippen LogP contribution in [0.2, 0.25) is 0 Å². The maximum atomic E-state index is 12.8. The summed E-state index contributed by atoms with van der Waals surface area (Å²) in [7, 11) is 1.82. The van der Waals surface area contributed by atoms with E-state index in [0.717, 1.165) is 37.6 Å². The zero-order valence-electron chi connectivity index (χ0n) is 15.7. The number of nitrogens with one attached hydrogen (secondary N) is 1. The lowest BCUT2D eigenvalue weighted by Crippen LogP contribution is -3.19. The Kier molecular flexibility index (Phi) is 5.71. The topological polar surface area (TPSA) is 71.1 Å². The molecule has 142 valence electrons. The maximum Gasteiger partial charge on any atom is 0.284 e. The summed E-state index contributed by atoms with van der Waals surface area (Å²) in [4.78, 5) is 28.4. The molecule has 0 unspecified atom stereocenters. The standard InChI is InChI=1S/C20H24N4O3/c1-16(20(25)21(2)17-6-4-3-5-7-17)22-12-14-23(15-13-22)18-8-10-19(11-9-18)24(26)27/h3-11,16H,12-15H2,1-2H3/p+1/t16-/m0/s1. The van der Waals surface area contributed by atoms with E-state index in [1.165, 1.54) is 17.0 Å². The van der Waals surface area contributed by atoms with Crippen molar-refractivity contribution < 1.29 is 14.6 Å². The maximum absolute atomic E-state index is 12.8. The monoisotopic (exact) mass is 369 g/mol. The number of benzene rings is 2. The second kappa shape index (κ2) is 8.18. The van der Waals surface area contributed by atoms with Gasteiger partial charge in [0.1, 0.15) is 0 Å². The first kappa shape index (κ1) is 18.8. The first-order valence-electron chi connectivity index (χ1n) is 9.14. The number of non-ortho nitro benzene ring substituents is 1. The van der Waals surface area contributed by atoms with E-state index in [1.807, 2.05) is 44.3 Å². The first-order valence-corrected chi connectivity index (χ1v) is 9.14. The molecule has 0 bridgehead atoms. The van der Waals surface area contributed by atoms with Crippen molar-refractivity contribution in [2.24, 2.45) is 0 Å². The third-order valence-electron chi connectivity index (χ3n) is 5.29. The third kappa shape index (κ3) is 4.25. The highest BCUT2D eigenvalue weighted by molar-refractivity contribution is 5.95. The Morgan fingerprint density at radius 3 is 2.26 bits per heavy atom. The summed E-state index contributed by atoms with van der Waals surface area (Å²) in [6.45, 7) is 5.33. The summed E-state index contributed by atoms with van der Waals surface area (Å²) >= 11 is 0. The van der Waals surface area contributed by atoms with Crippen LogP contribution in [0, 0.1) is 10.1 Å². The number of nitrogens with zero attached hydrogens (tertiary/aromatic N) is 3. The van der Waals surface area contributed by atoms with E-state index in [-0.39, 0.29) is 22.6 Å². The molecule has 7 heteroatoms. The summed E-state index contributed by atoms with van der Waals surface area (Å²) in [5.41, 5.74) is 1.99. The number of carbonyl (C=O) groups excluding carboxylic acids is 1. The Bertz CT molecular complexity index is 787. The van der Waals surface area contributed by atoms with Crippen molar-refractivity contribution in [1.29, 1.82) is 0 Å². The number of hydrogen-bond donors (Lipinski definition) is 1. The van der Waals surface area contributed by atoms with Crippen LogP contribution >= 0.6 is 0 Å². The van der Waals surface area contributed by atoms with E-state index in [0.29, 0.717) is 0 Å². The molecule has 1 aliphatic heterocycles. The number of piperazine rings is 1. The number of likely N-dealkylation sites (N-methyl/N-ethyl adjacent to an activating group) is 1. The van der Waals surface area contributed by atoms with Gasteiger partial charge in [0.2, 0.25) is 0 Å². The highest BCUT2D eigenvalue weighted by atomic mass is 16.6. The molecule has 1 saturated heterocycles. The predicted molar refractivity (Wildman–Crippen MR) is 105 cm³/mol. The fraction of sp³-hybridized carbons (Fsp3) is 0.350. The largest absolute Gasteiger partial charge is 0.360 e. The van der Waals surface area contributed by atoms with Crippen LogP contribution in [0.5, 0.6) is 0 Å². The van der Waals surface area contributed by atoms with Gasteiger partial charge in [-0.15, -0.1) is 0 Å². The highest BCUT2D eigenvalue weighted by Gasteiger charge is 2.31. The van der Waals surface area contributed by atoms with Crippen LogP contribution in [0.25, 0.3) is 0 Å². The number of amides is 1. The average Bonchev–Trinajstić information content (AvgIpc) is 2.73. The minimum atomic E-state index is -0.387. The molecule has 7 nitrogen and oxygen atoms in total. The molecule has 0 aromatic heterocycles. The second-order valence-corrected chi connectivity index (χ2v) is 6.87. The molecule has 1 aliphatic rings. The van der Waals surface area contributed by atoms with Crippen LogP contribution in [0.4, 0.5) is 17.1 Å². The SMILES string of the molecule is C[C@@H](C(=O)N(C)c1ccccc1)[NH+]1CCN(c2ccc([N+](=O)[O-])cc2)CC1. The van der Waals surface area contributed by atoms with Crippen molar-refractivity contribution in [2.45, 2.75) is 13.0 Å². The van der Waals surface area contributed by atoms with Crippen molar-refractivity contribution in [3.05, 3.63) is 64.7 Å². The van der Waals surface area contributed by atoms with Crippen molar-refractivity contribution in [3.63, 3.8) is 0 Å². The second-order valence-electron chi connectivity index (χ2n) is 6.87. The van der Waals surface area contributed by atoms with E-state index < -0.39 is 0 Å². The van der Waals surface area contributed by atoms with Crippen LogP contribution in [0.15, 0.2) is 54.6 Å². The molecule has 1 heterocycles. The van der Waals surface area contributed by atoms with Gasteiger partial charge in [-0.1, -0.05) is 18.2 Å². The van der Waals surface area contributed by atoms with Gasteiger partial charge in [0.25, 0.3) is 11.6 Å². The quantitative estimate of drug-likeness (QED) is 0.638. The van der Waals surface area contributed by atoms with Crippen LogP contribution in [-0.4, -0.2) is 50.1 Å². The number of rotatable bonds is 5. The van der Waals surface area contributed by atoms with E-state index in [9.17, 15) is 14.9 Å². The fourth-order valence-corrected chi connectivity index (χ4v) is 3.51. The predicted octanol–water partition coefficient (Wildman–Crippen LogP) is 1.35. The summed E-state index contributed by atoms with van der Waals surface area (Å²) in [6.07, 6.45) is 0. The van der Waals surface area contributed by atoms with Crippen LogP contribution in [0.1, 0.15) is 6.92 Å². The molecule has 1 N–H and O–H groups in total. The van der Waals surface area contributed by atoms with Gasteiger partial charge in [-0.2, -0.15) is 0 Å². The van der Waals surface area contributed by atoms with Gasteiger partial charge in [0, 0.05) is 30.6 Å². The van der Waals surface area contributed by atoms with Gasteiger partial charge < -0.3 is 14.7 Å². The lowest BCUT2D eigenvalue weighted by Gasteiger charge is -2.36. The number of para-hydroxylation sites is 1. The number of nitro groups is 1. The Morgan fingerprint density at radius 1 is 1.11 bits per heavy atom. The zero-order chi connectivity index (χ0) is 19.4. The molecular formula is C20H25N4O3+. The van der Waals surface area contributed by atoms with Gasteiger partial charge in [0.15, 0.2) is 6.04 Å². The van der Waals surface area contributed by atoms with E-state index in [4.69, 9.17) is 0 Å². The smallest absolute Gasteiger partial charge is 0.284 e. The number of hydrogen-bond acceptors (Lipinski definition) is 4. The fourth-order valence-electron chi connectivity index (χ4n) is 3.51. The van der Waals surface area contributed by atoms with Gasteiger partial charge in [-0.25, -0.2) is 0 Å². The van der Waals surface area contributed by atoms with E-state index >= 15 is 0 Å². The minimum Gasteiger partial charge on any atom is -0.360 e. The number of quaternary nitrogens is 1. The molecular weight excluding hydrogens is 344 g/mol. The van der Waals surface area contributed by atoms with Crippen LogP contribution in [-0.2, 0) is 4.79 Å². The first-order chi connectivity index (χ1) is 13.0. The van der Waals surface area contributed by atoms with Crippen molar-refractivity contribution in [3.8, 4) is 0 Å². The molecule has 27 heavy (non-hydrogen) atoms. The van der Waals surface area contributed by atoms with Gasteiger partial charge in [0.05, 0.1) is 31.1 Å². The molecule has 0 aliphatic carbocycles. The minimum absolute atomic E-state index is 0.103. The van der Waals surface area contributed by atoms with Gasteiger partial charge >= 0.3 is 0 Å². The Morgan fingerprint density at radius 2 is 1.70 bits per heavy atom. The summed E-state index contributed by atoms with van der Waals surface area (Å²) < 4.78 is 0. The number of carbonyl (C=O) groups is 1. The molecule has 1 fully saturated rings. The van der Waals surface area contributed by atoms with Crippen molar-refractivity contribution in [1.82, 2.24) is 0 Å². The molecule has 2 aromatic rings. The van der Waals surface area contributed by atoms with Crippen LogP contribution in [0.3, 0.4) is 0 Å². The van der Waals surface area contributed by atoms with Gasteiger partial charge in [-0.3, -0.25) is 14.9 Å². The summed E-state index contributed by atoms with van der Waals surface area (Å²) in [6, 6.07) is 16.2. The molecule has 0 radical (unpaired) electrons. The summed E-state index contributed by atoms with van der Waals surface area (Å²) in [5, 5.41) is 10.8. The van der Waals surface area contributed by atoms with Crippen molar-refractivity contribution >= 4 is 23.0 Å². The Hall–Kier alpha value is -2.93. The number of nitro benzene ring substituents is 1. The molecule has 1 atom stereocenters. The third-order valence-corrected chi connectivity index (χ3v) is 5.29. The number of anilines is 2. The average molecular weight is 369 g/mol. The van der Waals surface area contributed by atoms with Crippen LogP contribution < -0.4 is 14.7 Å². The molecule has 1 amide bonds. The highest BCUT2D eigenvalue weighted by Crippen LogP contribution is 2.19. The lowest BCUT2D eigenvalue weighted by atomic mass is 10.1. The zero-order valence-corrected chi connectivity index (χ0v) is 15.7. The van der Waals surface area contributed by atoms with Crippen molar-refractivity contribution in [2.75, 3.05) is 43.0 Å². The van der Waals surface area contributed by atoms with E-state index in [2.05, 4.69) is 4.90 Å². The molecule has 3 rings (SSSR count). The Labute approximate surface area is 158 Å². The lowest BCUT2D eigenvalue weighted by molar-refractivity contribution is -0.914. The normalized spacial score (nSPS) is 16.0. The van der Waals surface area contributed by atoms with E-state index in [1.54, 1.807) is 17.0 Å².